The summed E-state index contributed by atoms with van der Waals surface area (Å²) in [5.41, 5.74) is 1.96. The lowest BCUT2D eigenvalue weighted by molar-refractivity contribution is -0.116. The lowest BCUT2D eigenvalue weighted by Crippen LogP contribution is -2.25. The standard InChI is InChI=1S/C16H24N2O2/c1-13(14-6-8-15(20-4)9-7-14)12-16(19)17-10-5-11-18(2)3/h6-9,12H,5,10-11H2,1-4H3,(H,17,19)/b13-12+. The molecule has 0 heterocycles. The second kappa shape index (κ2) is 8.38. The zero-order chi connectivity index (χ0) is 15.0. The summed E-state index contributed by atoms with van der Waals surface area (Å²) in [5.74, 6) is 0.770. The second-order valence-corrected chi connectivity index (χ2v) is 5.00. The van der Waals surface area contributed by atoms with Gasteiger partial charge >= 0.3 is 0 Å². The maximum atomic E-state index is 11.8. The number of amides is 1. The van der Waals surface area contributed by atoms with E-state index in [-0.39, 0.29) is 5.91 Å². The molecule has 0 aliphatic carbocycles. The van der Waals surface area contributed by atoms with Gasteiger partial charge in [0.05, 0.1) is 7.11 Å². The molecule has 0 unspecified atom stereocenters. The van der Waals surface area contributed by atoms with Crippen molar-refractivity contribution in [3.63, 3.8) is 0 Å². The zero-order valence-corrected chi connectivity index (χ0v) is 12.8. The number of benzene rings is 1. The van der Waals surface area contributed by atoms with Crippen LogP contribution in [0.1, 0.15) is 18.9 Å². The number of hydrogen-bond donors (Lipinski definition) is 1. The molecular formula is C16H24N2O2. The fourth-order valence-corrected chi connectivity index (χ4v) is 1.79. The third-order valence-corrected chi connectivity index (χ3v) is 2.97. The minimum Gasteiger partial charge on any atom is -0.497 e. The van der Waals surface area contributed by atoms with Crippen molar-refractivity contribution in [3.8, 4) is 5.75 Å². The number of allylic oxidation sites excluding steroid dienone is 1. The van der Waals surface area contributed by atoms with Gasteiger partial charge in [0.15, 0.2) is 0 Å². The molecule has 1 aromatic rings. The van der Waals surface area contributed by atoms with Crippen molar-refractivity contribution in [1.82, 2.24) is 10.2 Å². The molecule has 4 heteroatoms. The van der Waals surface area contributed by atoms with E-state index in [1.165, 1.54) is 0 Å². The van der Waals surface area contributed by atoms with Crippen LogP contribution in [-0.2, 0) is 4.79 Å². The molecule has 0 aromatic heterocycles. The van der Waals surface area contributed by atoms with Crippen molar-refractivity contribution < 1.29 is 9.53 Å². The summed E-state index contributed by atoms with van der Waals surface area (Å²) in [6, 6.07) is 7.68. The predicted octanol–water partition coefficient (Wildman–Crippen LogP) is 2.17. The number of hydrogen-bond acceptors (Lipinski definition) is 3. The van der Waals surface area contributed by atoms with E-state index in [2.05, 4.69) is 10.2 Å². The molecule has 110 valence electrons. The maximum absolute atomic E-state index is 11.8. The number of nitrogens with one attached hydrogen (secondary N) is 1. The highest BCUT2D eigenvalue weighted by Gasteiger charge is 2.01. The molecule has 0 bridgehead atoms. The molecule has 0 saturated carbocycles. The summed E-state index contributed by atoms with van der Waals surface area (Å²) in [7, 11) is 5.68. The van der Waals surface area contributed by atoms with Crippen molar-refractivity contribution in [2.75, 3.05) is 34.3 Å². The maximum Gasteiger partial charge on any atom is 0.244 e. The Kier molecular flexibility index (Phi) is 6.81. The summed E-state index contributed by atoms with van der Waals surface area (Å²) in [4.78, 5) is 13.9. The number of nitrogens with zero attached hydrogens (tertiary/aromatic N) is 1. The van der Waals surface area contributed by atoms with E-state index < -0.39 is 0 Å². The summed E-state index contributed by atoms with van der Waals surface area (Å²) in [6.07, 6.45) is 2.59. The van der Waals surface area contributed by atoms with E-state index >= 15 is 0 Å². The minimum atomic E-state index is -0.0444. The molecule has 0 aliphatic rings. The SMILES string of the molecule is COc1ccc(/C(C)=C/C(=O)NCCCN(C)C)cc1. The van der Waals surface area contributed by atoms with Crippen LogP contribution in [0.5, 0.6) is 5.75 Å². The molecule has 0 atom stereocenters. The first-order valence-corrected chi connectivity index (χ1v) is 6.78. The van der Waals surface area contributed by atoms with Gasteiger partial charge in [0.2, 0.25) is 5.91 Å². The highest BCUT2D eigenvalue weighted by atomic mass is 16.5. The van der Waals surface area contributed by atoms with Crippen molar-refractivity contribution in [2.24, 2.45) is 0 Å². The largest absolute Gasteiger partial charge is 0.497 e. The number of ether oxygens (including phenoxy) is 1. The van der Waals surface area contributed by atoms with Crippen molar-refractivity contribution in [1.29, 1.82) is 0 Å². The average Bonchev–Trinajstić information content (AvgIpc) is 2.43. The zero-order valence-electron chi connectivity index (χ0n) is 12.8. The van der Waals surface area contributed by atoms with E-state index in [1.807, 2.05) is 45.3 Å². The Morgan fingerprint density at radius 1 is 1.30 bits per heavy atom. The third kappa shape index (κ3) is 5.89. The predicted molar refractivity (Wildman–Crippen MR) is 82.8 cm³/mol. The third-order valence-electron chi connectivity index (χ3n) is 2.97. The molecule has 1 N–H and O–H groups in total. The van der Waals surface area contributed by atoms with E-state index in [0.29, 0.717) is 6.54 Å². The summed E-state index contributed by atoms with van der Waals surface area (Å²) >= 11 is 0. The van der Waals surface area contributed by atoms with Gasteiger partial charge in [-0.1, -0.05) is 12.1 Å². The van der Waals surface area contributed by atoms with E-state index in [9.17, 15) is 4.79 Å². The fraction of sp³-hybridized carbons (Fsp3) is 0.438. The summed E-state index contributed by atoms with van der Waals surface area (Å²) < 4.78 is 5.11. The average molecular weight is 276 g/mol. The van der Waals surface area contributed by atoms with Crippen LogP contribution >= 0.6 is 0 Å². The van der Waals surface area contributed by atoms with Gasteiger partial charge in [-0.05, 0) is 57.3 Å². The van der Waals surface area contributed by atoms with Gasteiger partial charge in [0, 0.05) is 12.6 Å². The Morgan fingerprint density at radius 2 is 1.95 bits per heavy atom. The van der Waals surface area contributed by atoms with E-state index in [1.54, 1.807) is 13.2 Å². The molecule has 0 aliphatic heterocycles. The Bertz CT molecular complexity index is 450. The van der Waals surface area contributed by atoms with Gasteiger partial charge in [-0.2, -0.15) is 0 Å². The van der Waals surface area contributed by atoms with Gasteiger partial charge in [0.25, 0.3) is 0 Å². The van der Waals surface area contributed by atoms with E-state index in [0.717, 1.165) is 29.9 Å². The molecule has 0 spiro atoms. The van der Waals surface area contributed by atoms with Crippen molar-refractivity contribution >= 4 is 11.5 Å². The van der Waals surface area contributed by atoms with Crippen LogP contribution in [0, 0.1) is 0 Å². The topological polar surface area (TPSA) is 41.6 Å². The lowest BCUT2D eigenvalue weighted by Gasteiger charge is -2.09. The van der Waals surface area contributed by atoms with Crippen LogP contribution in [0.2, 0.25) is 0 Å². The van der Waals surface area contributed by atoms with Gasteiger partial charge in [-0.25, -0.2) is 0 Å². The highest BCUT2D eigenvalue weighted by Crippen LogP contribution is 2.17. The van der Waals surface area contributed by atoms with Crippen LogP contribution in [0.3, 0.4) is 0 Å². The van der Waals surface area contributed by atoms with Crippen molar-refractivity contribution in [2.45, 2.75) is 13.3 Å². The Labute approximate surface area is 121 Å². The summed E-state index contributed by atoms with van der Waals surface area (Å²) in [6.45, 7) is 3.60. The van der Waals surface area contributed by atoms with E-state index in [4.69, 9.17) is 4.74 Å². The molecule has 1 amide bonds. The normalized spacial score (nSPS) is 11.6. The second-order valence-electron chi connectivity index (χ2n) is 5.00. The Balaban J connectivity index is 2.48. The van der Waals surface area contributed by atoms with Gasteiger partial charge in [-0.3, -0.25) is 4.79 Å². The van der Waals surface area contributed by atoms with Crippen LogP contribution < -0.4 is 10.1 Å². The van der Waals surface area contributed by atoms with Gasteiger partial charge < -0.3 is 15.0 Å². The monoisotopic (exact) mass is 276 g/mol. The first kappa shape index (κ1) is 16.2. The summed E-state index contributed by atoms with van der Waals surface area (Å²) in [5, 5.41) is 2.89. The van der Waals surface area contributed by atoms with Crippen molar-refractivity contribution in [3.05, 3.63) is 35.9 Å². The first-order chi connectivity index (χ1) is 9.52. The van der Waals surface area contributed by atoms with Gasteiger partial charge in [-0.15, -0.1) is 0 Å². The molecule has 0 radical (unpaired) electrons. The van der Waals surface area contributed by atoms with Gasteiger partial charge in [0.1, 0.15) is 5.75 Å². The van der Waals surface area contributed by atoms with Crippen LogP contribution in [-0.4, -0.2) is 45.1 Å². The number of carbonyl (C=O) groups is 1. The van der Waals surface area contributed by atoms with Crippen LogP contribution in [0.15, 0.2) is 30.3 Å². The molecule has 1 rings (SSSR count). The molecule has 0 fully saturated rings. The number of carbonyl (C=O) groups excluding carboxylic acids is 1. The smallest absolute Gasteiger partial charge is 0.244 e. The molecular weight excluding hydrogens is 252 g/mol. The molecule has 1 aromatic carbocycles. The highest BCUT2D eigenvalue weighted by molar-refractivity contribution is 5.94. The fourth-order valence-electron chi connectivity index (χ4n) is 1.79. The first-order valence-electron chi connectivity index (χ1n) is 6.78. The Morgan fingerprint density at radius 3 is 2.50 bits per heavy atom. The molecule has 20 heavy (non-hydrogen) atoms. The molecule has 4 nitrogen and oxygen atoms in total. The quantitative estimate of drug-likeness (QED) is 0.613. The number of rotatable bonds is 7. The molecule has 0 saturated heterocycles. The minimum absolute atomic E-state index is 0.0444. The van der Waals surface area contributed by atoms with Crippen LogP contribution in [0.4, 0.5) is 0 Å². The Hall–Kier alpha value is -1.81. The lowest BCUT2D eigenvalue weighted by atomic mass is 10.1. The van der Waals surface area contributed by atoms with Crippen LogP contribution in [0.25, 0.3) is 5.57 Å². The number of methoxy groups -OCH3 is 1.